The van der Waals surface area contributed by atoms with Crippen molar-refractivity contribution in [2.45, 2.75) is 84.5 Å². The maximum atomic E-state index is 13.0. The molecule has 0 amide bonds. The van der Waals surface area contributed by atoms with Gasteiger partial charge < -0.3 is 9.05 Å². The molecule has 4 nitrogen and oxygen atoms in total. The highest BCUT2D eigenvalue weighted by atomic mass is 31.2. The van der Waals surface area contributed by atoms with Gasteiger partial charge in [-0.2, -0.15) is 0 Å². The molecule has 0 aromatic heterocycles. The molecular formula is C24H31O4P. The maximum absolute atomic E-state index is 13.0. The number of phosphoric acid groups is 1. The van der Waals surface area contributed by atoms with Gasteiger partial charge in [0, 0.05) is 17.1 Å². The first kappa shape index (κ1) is 19.5. The van der Waals surface area contributed by atoms with Gasteiger partial charge in [0.1, 0.15) is 11.5 Å². The highest BCUT2D eigenvalue weighted by molar-refractivity contribution is 7.48. The van der Waals surface area contributed by atoms with Crippen molar-refractivity contribution in [3.63, 3.8) is 0 Å². The summed E-state index contributed by atoms with van der Waals surface area (Å²) in [6.07, 6.45) is 11.7. The molecule has 1 heterocycles. The number of benzene rings is 1. The van der Waals surface area contributed by atoms with Crippen LogP contribution in [0.2, 0.25) is 0 Å². The maximum Gasteiger partial charge on any atom is 0.584 e. The normalized spacial score (nSPS) is 28.4. The molecule has 0 radical (unpaired) electrons. The Bertz CT molecular complexity index is 972. The van der Waals surface area contributed by atoms with Gasteiger partial charge in [-0.25, -0.2) is 4.57 Å². The molecule has 1 aromatic carbocycles. The van der Waals surface area contributed by atoms with E-state index in [2.05, 4.69) is 19.9 Å². The third-order valence-electron chi connectivity index (χ3n) is 7.22. The molecule has 0 fully saturated rings. The van der Waals surface area contributed by atoms with E-state index in [1.165, 1.54) is 41.5 Å². The summed E-state index contributed by atoms with van der Waals surface area (Å²) in [6, 6.07) is 2.22. The molecule has 0 spiro atoms. The van der Waals surface area contributed by atoms with Crippen LogP contribution in [-0.4, -0.2) is 4.89 Å². The summed E-state index contributed by atoms with van der Waals surface area (Å²) in [6.45, 7) is 4.25. The van der Waals surface area contributed by atoms with Crippen LogP contribution in [0.1, 0.15) is 87.5 Å². The number of phosphoric ester groups is 1. The summed E-state index contributed by atoms with van der Waals surface area (Å²) < 4.78 is 24.7. The smallest absolute Gasteiger partial charge is 0.399 e. The first-order chi connectivity index (χ1) is 14.0. The number of aryl methyl sites for hydroxylation is 2. The van der Waals surface area contributed by atoms with Crippen LogP contribution in [0, 0.1) is 5.92 Å². The predicted molar refractivity (Wildman–Crippen MR) is 115 cm³/mol. The molecule has 1 aromatic rings. The summed E-state index contributed by atoms with van der Waals surface area (Å²) in [5.41, 5.74) is 8.88. The first-order valence-corrected chi connectivity index (χ1v) is 12.9. The van der Waals surface area contributed by atoms with Crippen LogP contribution in [0.5, 0.6) is 5.75 Å². The molecule has 5 heteroatoms. The average molecular weight is 414 g/mol. The predicted octanol–water partition coefficient (Wildman–Crippen LogP) is 6.65. The lowest BCUT2D eigenvalue weighted by molar-refractivity contribution is 0.227. The Kier molecular flexibility index (Phi) is 4.91. The zero-order chi connectivity index (χ0) is 20.2. The number of fused-ring (bicyclic) bond motifs is 5. The molecule has 29 heavy (non-hydrogen) atoms. The van der Waals surface area contributed by atoms with Crippen molar-refractivity contribution in [1.82, 2.24) is 0 Å². The van der Waals surface area contributed by atoms with Crippen LogP contribution in [0.4, 0.5) is 0 Å². The minimum absolute atomic E-state index is 0.154. The Morgan fingerprint density at radius 1 is 1.07 bits per heavy atom. The van der Waals surface area contributed by atoms with Gasteiger partial charge in [0.05, 0.1) is 0 Å². The molecule has 0 saturated heterocycles. The van der Waals surface area contributed by atoms with E-state index in [0.717, 1.165) is 73.8 Å². The minimum atomic E-state index is -4.21. The van der Waals surface area contributed by atoms with Crippen LogP contribution in [0.15, 0.2) is 23.0 Å². The third-order valence-corrected chi connectivity index (χ3v) is 8.06. The van der Waals surface area contributed by atoms with Crippen molar-refractivity contribution in [3.05, 3.63) is 45.2 Å². The first-order valence-electron chi connectivity index (χ1n) is 11.4. The van der Waals surface area contributed by atoms with Crippen molar-refractivity contribution in [2.24, 2.45) is 5.92 Å². The van der Waals surface area contributed by atoms with E-state index in [9.17, 15) is 9.46 Å². The van der Waals surface area contributed by atoms with E-state index in [0.29, 0.717) is 5.75 Å². The Morgan fingerprint density at radius 3 is 2.62 bits per heavy atom. The van der Waals surface area contributed by atoms with Crippen molar-refractivity contribution < 1.29 is 18.5 Å². The number of hydrogen-bond donors (Lipinski definition) is 1. The van der Waals surface area contributed by atoms with Crippen molar-refractivity contribution >= 4 is 13.4 Å². The second-order valence-electron chi connectivity index (χ2n) is 8.93. The average Bonchev–Trinajstić information content (AvgIpc) is 2.85. The van der Waals surface area contributed by atoms with Gasteiger partial charge in [0.2, 0.25) is 0 Å². The Hall–Kier alpha value is -1.51. The standard InChI is InChI=1S/C24H31O4P/c1-3-15-13-17-9-5-7-11-19(17)21-22-20-12-8-6-10-18(20)14-16(4-2)24(22)28-29(25,26)27-23(15)21/h13,16H,3-12,14H2,1-2H3,(H,25,26)/t16-/m1/s1. The minimum Gasteiger partial charge on any atom is -0.399 e. The molecule has 1 unspecified atom stereocenters. The van der Waals surface area contributed by atoms with E-state index in [1.54, 1.807) is 0 Å². The highest BCUT2D eigenvalue weighted by Gasteiger charge is 2.42. The third kappa shape index (κ3) is 3.20. The number of allylic oxidation sites excluding steroid dienone is 4. The van der Waals surface area contributed by atoms with Crippen LogP contribution in [0.3, 0.4) is 0 Å². The van der Waals surface area contributed by atoms with Crippen LogP contribution in [-0.2, 0) is 28.4 Å². The van der Waals surface area contributed by atoms with Crippen LogP contribution >= 0.6 is 7.82 Å². The molecule has 1 N–H and O–H groups in total. The fourth-order valence-corrected chi connectivity index (χ4v) is 6.76. The van der Waals surface area contributed by atoms with Gasteiger partial charge in [-0.15, -0.1) is 0 Å². The van der Waals surface area contributed by atoms with Crippen LogP contribution < -0.4 is 4.52 Å². The van der Waals surface area contributed by atoms with Gasteiger partial charge in [-0.1, -0.05) is 25.5 Å². The van der Waals surface area contributed by atoms with E-state index < -0.39 is 7.82 Å². The van der Waals surface area contributed by atoms with Gasteiger partial charge in [-0.3, -0.25) is 4.89 Å². The molecule has 0 saturated carbocycles. The van der Waals surface area contributed by atoms with Gasteiger partial charge in [-0.05, 0) is 92.9 Å². The Morgan fingerprint density at radius 2 is 1.83 bits per heavy atom. The van der Waals surface area contributed by atoms with Gasteiger partial charge >= 0.3 is 7.82 Å². The largest absolute Gasteiger partial charge is 0.584 e. The molecule has 1 aliphatic heterocycles. The topological polar surface area (TPSA) is 55.8 Å². The zero-order valence-electron chi connectivity index (χ0n) is 17.6. The lowest BCUT2D eigenvalue weighted by Gasteiger charge is -2.34. The second kappa shape index (κ2) is 7.32. The van der Waals surface area contributed by atoms with Crippen LogP contribution in [0.25, 0.3) is 5.57 Å². The monoisotopic (exact) mass is 414 g/mol. The highest BCUT2D eigenvalue weighted by Crippen LogP contribution is 2.60. The fraction of sp³-hybridized carbons (Fsp3) is 0.583. The molecule has 5 rings (SSSR count). The Labute approximate surface area is 173 Å². The van der Waals surface area contributed by atoms with Crippen molar-refractivity contribution in [2.75, 3.05) is 0 Å². The lowest BCUT2D eigenvalue weighted by atomic mass is 9.71. The van der Waals surface area contributed by atoms with Gasteiger partial charge in [0.25, 0.3) is 0 Å². The molecule has 156 valence electrons. The summed E-state index contributed by atoms with van der Waals surface area (Å²) in [5.74, 6) is 1.48. The molecule has 4 aliphatic rings. The van der Waals surface area contributed by atoms with Crippen molar-refractivity contribution in [3.8, 4) is 5.75 Å². The molecule has 3 aliphatic carbocycles. The van der Waals surface area contributed by atoms with E-state index in [-0.39, 0.29) is 5.92 Å². The summed E-state index contributed by atoms with van der Waals surface area (Å²) in [5, 5.41) is 0. The van der Waals surface area contributed by atoms with E-state index >= 15 is 0 Å². The van der Waals surface area contributed by atoms with E-state index in [4.69, 9.17) is 9.05 Å². The van der Waals surface area contributed by atoms with Gasteiger partial charge in [0.15, 0.2) is 0 Å². The molecule has 2 atom stereocenters. The number of rotatable bonds is 2. The van der Waals surface area contributed by atoms with E-state index in [1.807, 2.05) is 0 Å². The zero-order valence-corrected chi connectivity index (χ0v) is 18.4. The SMILES string of the molecule is CCc1cc2c(c3c1OP(=O)(O)OC1=C3C3=C(CCCC3)C[C@H]1CC)CCCC2. The quantitative estimate of drug-likeness (QED) is 0.551. The summed E-state index contributed by atoms with van der Waals surface area (Å²) in [4.78, 5) is 10.6. The molecular weight excluding hydrogens is 383 g/mol. The lowest BCUT2D eigenvalue weighted by Crippen LogP contribution is -2.19. The summed E-state index contributed by atoms with van der Waals surface area (Å²) in [7, 11) is -4.21. The fourth-order valence-electron chi connectivity index (χ4n) is 5.80. The summed E-state index contributed by atoms with van der Waals surface area (Å²) >= 11 is 0. The molecule has 0 bridgehead atoms. The Balaban J connectivity index is 1.87. The number of hydrogen-bond acceptors (Lipinski definition) is 3. The second-order valence-corrected chi connectivity index (χ2v) is 10.2. The van der Waals surface area contributed by atoms with Crippen molar-refractivity contribution in [1.29, 1.82) is 0 Å².